The molecule has 9 heteroatoms. The number of aromatic hydroxyl groups is 1. The zero-order valence-electron chi connectivity index (χ0n) is 17.9. The highest BCUT2D eigenvalue weighted by Gasteiger charge is 2.18. The summed E-state index contributed by atoms with van der Waals surface area (Å²) in [4.78, 5) is 15.0. The molecule has 1 fully saturated rings. The lowest BCUT2D eigenvalue weighted by Gasteiger charge is -2.26. The summed E-state index contributed by atoms with van der Waals surface area (Å²) >= 11 is 0. The first-order chi connectivity index (χ1) is 15.0. The van der Waals surface area contributed by atoms with Crippen molar-refractivity contribution in [2.75, 3.05) is 38.2 Å². The smallest absolute Gasteiger partial charge is 0.280 e. The number of nitrogens with zero attached hydrogens (tertiary/aromatic N) is 5. The third-order valence-electron chi connectivity index (χ3n) is 5.37. The molecule has 1 amide bonds. The van der Waals surface area contributed by atoms with E-state index in [1.54, 1.807) is 17.1 Å². The Morgan fingerprint density at radius 2 is 1.90 bits per heavy atom. The number of aromatic nitrogens is 4. The first-order valence-electron chi connectivity index (χ1n) is 10.5. The Morgan fingerprint density at radius 3 is 2.61 bits per heavy atom. The molecule has 1 aliphatic rings. The summed E-state index contributed by atoms with van der Waals surface area (Å²) < 4.78 is 8.65. The minimum absolute atomic E-state index is 0.0333. The first kappa shape index (κ1) is 21.1. The fourth-order valence-corrected chi connectivity index (χ4v) is 3.48. The van der Waals surface area contributed by atoms with Crippen molar-refractivity contribution >= 4 is 11.6 Å². The van der Waals surface area contributed by atoms with E-state index >= 15 is 0 Å². The Labute approximate surface area is 181 Å². The minimum Gasteiger partial charge on any atom is -0.504 e. The number of amides is 1. The summed E-state index contributed by atoms with van der Waals surface area (Å²) in [5.41, 5.74) is 2.51. The van der Waals surface area contributed by atoms with Gasteiger partial charge in [0.15, 0.2) is 11.4 Å². The van der Waals surface area contributed by atoms with Gasteiger partial charge in [0.1, 0.15) is 0 Å². The molecule has 9 nitrogen and oxygen atoms in total. The fraction of sp³-hybridized carbons (Fsp3) is 0.409. The largest absolute Gasteiger partial charge is 0.504 e. The van der Waals surface area contributed by atoms with Crippen molar-refractivity contribution in [1.82, 2.24) is 24.5 Å². The van der Waals surface area contributed by atoms with Crippen molar-refractivity contribution in [3.05, 3.63) is 54.1 Å². The van der Waals surface area contributed by atoms with Crippen LogP contribution in [0.4, 0.5) is 5.69 Å². The summed E-state index contributed by atoms with van der Waals surface area (Å²) in [6.07, 6.45) is 4.80. The molecule has 0 aliphatic carbocycles. The van der Waals surface area contributed by atoms with E-state index in [2.05, 4.69) is 34.3 Å². The molecule has 0 unspecified atom stereocenters. The maximum atomic E-state index is 12.6. The second-order valence-electron chi connectivity index (χ2n) is 7.95. The SMILES string of the molecule is CC(C)c1ccc(-n2cc(O)c(C(=O)Nc3cnn(CCN4CCOCC4)c3)n2)cc1. The van der Waals surface area contributed by atoms with Crippen molar-refractivity contribution in [3.63, 3.8) is 0 Å². The number of hydrogen-bond donors (Lipinski definition) is 2. The number of carbonyl (C=O) groups excluding carboxylic acids is 1. The van der Waals surface area contributed by atoms with Gasteiger partial charge in [0, 0.05) is 25.8 Å². The molecule has 2 N–H and O–H groups in total. The van der Waals surface area contributed by atoms with E-state index in [0.717, 1.165) is 45.1 Å². The predicted octanol–water partition coefficient (Wildman–Crippen LogP) is 2.48. The molecule has 31 heavy (non-hydrogen) atoms. The monoisotopic (exact) mass is 424 g/mol. The van der Waals surface area contributed by atoms with Crippen molar-refractivity contribution in [2.45, 2.75) is 26.3 Å². The predicted molar refractivity (Wildman–Crippen MR) is 117 cm³/mol. The van der Waals surface area contributed by atoms with Gasteiger partial charge < -0.3 is 15.2 Å². The van der Waals surface area contributed by atoms with Crippen LogP contribution in [0.15, 0.2) is 42.9 Å². The van der Waals surface area contributed by atoms with E-state index < -0.39 is 5.91 Å². The number of morpholine rings is 1. The standard InChI is InChI=1S/C22H28N6O3/c1-16(2)17-3-5-19(6-4-17)28-15-20(29)21(25-28)22(30)24-18-13-23-27(14-18)8-7-26-9-11-31-12-10-26/h3-6,13-16,29H,7-12H2,1-2H3,(H,24,30). The lowest BCUT2D eigenvalue weighted by Crippen LogP contribution is -2.38. The summed E-state index contributed by atoms with van der Waals surface area (Å²) in [5.74, 6) is -0.232. The van der Waals surface area contributed by atoms with Gasteiger partial charge >= 0.3 is 0 Å². The molecule has 0 saturated carbocycles. The van der Waals surface area contributed by atoms with Crippen molar-refractivity contribution in [2.24, 2.45) is 0 Å². The highest BCUT2D eigenvalue weighted by Crippen LogP contribution is 2.21. The van der Waals surface area contributed by atoms with Crippen molar-refractivity contribution in [1.29, 1.82) is 0 Å². The number of hydrogen-bond acceptors (Lipinski definition) is 6. The Bertz CT molecular complexity index is 1020. The van der Waals surface area contributed by atoms with E-state index in [9.17, 15) is 9.90 Å². The van der Waals surface area contributed by atoms with Gasteiger partial charge in [-0.05, 0) is 23.6 Å². The summed E-state index contributed by atoms with van der Waals surface area (Å²) in [6, 6.07) is 7.87. The summed E-state index contributed by atoms with van der Waals surface area (Å²) in [7, 11) is 0. The number of anilines is 1. The quantitative estimate of drug-likeness (QED) is 0.605. The number of ether oxygens (including phenoxy) is 1. The molecule has 164 valence electrons. The van der Waals surface area contributed by atoms with Crippen LogP contribution in [0.5, 0.6) is 5.75 Å². The Kier molecular flexibility index (Phi) is 6.34. The Morgan fingerprint density at radius 1 is 1.16 bits per heavy atom. The molecule has 3 aromatic rings. The van der Waals surface area contributed by atoms with Crippen LogP contribution >= 0.6 is 0 Å². The van der Waals surface area contributed by atoms with Gasteiger partial charge in [-0.1, -0.05) is 26.0 Å². The van der Waals surface area contributed by atoms with Gasteiger partial charge in [-0.15, -0.1) is 0 Å². The van der Waals surface area contributed by atoms with Gasteiger partial charge in [0.25, 0.3) is 5.91 Å². The molecule has 0 atom stereocenters. The summed E-state index contributed by atoms with van der Waals surface area (Å²) in [5, 5.41) is 21.6. The molecule has 1 aliphatic heterocycles. The second-order valence-corrected chi connectivity index (χ2v) is 7.95. The van der Waals surface area contributed by atoms with Crippen LogP contribution in [0.1, 0.15) is 35.8 Å². The molecule has 2 aromatic heterocycles. The van der Waals surface area contributed by atoms with E-state index in [0.29, 0.717) is 11.6 Å². The molecule has 0 radical (unpaired) electrons. The molecular weight excluding hydrogens is 396 g/mol. The molecule has 3 heterocycles. The Hall–Kier alpha value is -3.17. The van der Waals surface area contributed by atoms with E-state index in [1.165, 1.54) is 16.4 Å². The zero-order chi connectivity index (χ0) is 21.8. The van der Waals surface area contributed by atoms with E-state index in [4.69, 9.17) is 4.74 Å². The topological polar surface area (TPSA) is 97.4 Å². The van der Waals surface area contributed by atoms with Gasteiger partial charge in [0.05, 0.1) is 43.5 Å². The number of nitrogens with one attached hydrogen (secondary N) is 1. The van der Waals surface area contributed by atoms with Crippen LogP contribution in [-0.2, 0) is 11.3 Å². The molecule has 4 rings (SSSR count). The van der Waals surface area contributed by atoms with E-state index in [1.807, 2.05) is 24.3 Å². The average Bonchev–Trinajstić information content (AvgIpc) is 3.39. The summed E-state index contributed by atoms with van der Waals surface area (Å²) in [6.45, 7) is 9.22. The average molecular weight is 425 g/mol. The number of benzene rings is 1. The lowest BCUT2D eigenvalue weighted by molar-refractivity contribution is 0.0360. The maximum absolute atomic E-state index is 12.6. The van der Waals surface area contributed by atoms with Crippen LogP contribution in [0.3, 0.4) is 0 Å². The van der Waals surface area contributed by atoms with Crippen LogP contribution in [0.2, 0.25) is 0 Å². The van der Waals surface area contributed by atoms with Crippen molar-refractivity contribution < 1.29 is 14.6 Å². The van der Waals surface area contributed by atoms with Gasteiger partial charge in [-0.2, -0.15) is 10.2 Å². The normalized spacial score (nSPS) is 14.8. The van der Waals surface area contributed by atoms with E-state index in [-0.39, 0.29) is 11.4 Å². The lowest BCUT2D eigenvalue weighted by atomic mass is 10.0. The second kappa shape index (κ2) is 9.32. The maximum Gasteiger partial charge on any atom is 0.280 e. The minimum atomic E-state index is -0.484. The van der Waals surface area contributed by atoms with Crippen LogP contribution < -0.4 is 5.32 Å². The van der Waals surface area contributed by atoms with Crippen LogP contribution in [0.25, 0.3) is 5.69 Å². The van der Waals surface area contributed by atoms with Crippen molar-refractivity contribution in [3.8, 4) is 11.4 Å². The van der Waals surface area contributed by atoms with Gasteiger partial charge in [0.2, 0.25) is 0 Å². The Balaban J connectivity index is 1.38. The third-order valence-corrected chi connectivity index (χ3v) is 5.37. The number of carbonyl (C=O) groups is 1. The highest BCUT2D eigenvalue weighted by atomic mass is 16.5. The van der Waals surface area contributed by atoms with Crippen LogP contribution in [-0.4, -0.2) is 68.3 Å². The van der Waals surface area contributed by atoms with Gasteiger partial charge in [-0.25, -0.2) is 4.68 Å². The van der Waals surface area contributed by atoms with Gasteiger partial charge in [-0.3, -0.25) is 14.4 Å². The first-order valence-corrected chi connectivity index (χ1v) is 10.5. The molecule has 1 aromatic carbocycles. The fourth-order valence-electron chi connectivity index (χ4n) is 3.48. The molecular formula is C22H28N6O3. The molecule has 1 saturated heterocycles. The third kappa shape index (κ3) is 5.12. The molecule has 0 spiro atoms. The molecule has 0 bridgehead atoms. The van der Waals surface area contributed by atoms with Crippen LogP contribution in [0, 0.1) is 0 Å². The highest BCUT2D eigenvalue weighted by molar-refractivity contribution is 6.04. The zero-order valence-corrected chi connectivity index (χ0v) is 17.9. The number of rotatable bonds is 7.